The molecule has 0 fully saturated rings. The molecule has 9 nitrogen and oxygen atoms in total. The maximum atomic E-state index is 11.4. The molecule has 0 aromatic heterocycles. The average molecular weight is 274 g/mol. The van der Waals surface area contributed by atoms with E-state index in [2.05, 4.69) is 4.94 Å². The molecule has 108 valence electrons. The topological polar surface area (TPSA) is 168 Å². The second-order valence-corrected chi connectivity index (χ2v) is 3.55. The molecule has 0 aromatic rings. The van der Waals surface area contributed by atoms with Gasteiger partial charge in [0.15, 0.2) is 6.10 Å². The van der Waals surface area contributed by atoms with Crippen molar-refractivity contribution in [3.05, 3.63) is 0 Å². The molecule has 6 atom stereocenters. The van der Waals surface area contributed by atoms with Crippen LogP contribution >= 0.6 is 0 Å². The molecule has 0 aliphatic carbocycles. The Morgan fingerprint density at radius 1 is 0.944 bits per heavy atom. The molecule has 0 amide bonds. The molecular weight excluding hydrogens is 259 g/mol. The van der Waals surface area contributed by atoms with E-state index in [1.165, 1.54) is 0 Å². The van der Waals surface area contributed by atoms with Crippen LogP contribution in [0.1, 0.15) is 0 Å². The highest BCUT2D eigenvalue weighted by atomic mass is 19.3. The molecule has 0 saturated carbocycles. The quantitative estimate of drug-likeness (QED) is 0.242. The maximum absolute atomic E-state index is 11.4. The number of hydrogen-bond donors (Lipinski definition) is 7. The Kier molecular flexibility index (Phi) is 7.16. The lowest BCUT2D eigenvalue weighted by Gasteiger charge is -2.29. The summed E-state index contributed by atoms with van der Waals surface area (Å²) < 4.78 is 11.4. The Morgan fingerprint density at radius 3 is 1.78 bits per heavy atom. The zero-order valence-corrected chi connectivity index (χ0v) is 9.00. The third kappa shape index (κ3) is 4.10. The van der Waals surface area contributed by atoms with Crippen LogP contribution in [0.4, 0.5) is 4.53 Å². The number of aliphatic hydroxyl groups is 7. The van der Waals surface area contributed by atoms with Crippen LogP contribution in [0.2, 0.25) is 0 Å². The summed E-state index contributed by atoms with van der Waals surface area (Å²) in [5, 5.41) is 63.3. The van der Waals surface area contributed by atoms with Crippen LogP contribution in [0.5, 0.6) is 0 Å². The van der Waals surface area contributed by atoms with Crippen molar-refractivity contribution in [1.82, 2.24) is 0 Å². The van der Waals surface area contributed by atoms with E-state index in [1.807, 2.05) is 0 Å². The molecule has 0 bridgehead atoms. The third-order valence-corrected chi connectivity index (χ3v) is 2.27. The first-order chi connectivity index (χ1) is 8.27. The first-order valence-corrected chi connectivity index (χ1v) is 4.79. The zero-order chi connectivity index (χ0) is 14.5. The van der Waals surface area contributed by atoms with Crippen molar-refractivity contribution in [3.63, 3.8) is 0 Å². The lowest BCUT2D eigenvalue weighted by Crippen LogP contribution is -2.54. The minimum absolute atomic E-state index is 0.948. The van der Waals surface area contributed by atoms with Crippen LogP contribution in [0.25, 0.3) is 0 Å². The van der Waals surface area contributed by atoms with Crippen LogP contribution in [-0.4, -0.2) is 84.9 Å². The summed E-state index contributed by atoms with van der Waals surface area (Å²) in [6, 6.07) is 0. The van der Waals surface area contributed by atoms with Gasteiger partial charge in [-0.25, -0.2) is 4.79 Å². The van der Waals surface area contributed by atoms with E-state index in [1.54, 1.807) is 0 Å². The lowest BCUT2D eigenvalue weighted by molar-refractivity contribution is -0.208. The molecule has 0 aromatic carbocycles. The van der Waals surface area contributed by atoms with Crippen molar-refractivity contribution in [3.8, 4) is 0 Å². The maximum Gasteiger partial charge on any atom is 0.379 e. The number of rotatable bonds is 7. The van der Waals surface area contributed by atoms with Gasteiger partial charge in [0.25, 0.3) is 0 Å². The summed E-state index contributed by atoms with van der Waals surface area (Å²) in [5.41, 5.74) is 0. The SMILES string of the molecule is O=C(OF)C(O)C(O)C(O)C(O)C(O)C(O)CO. The fraction of sp³-hybridized carbons (Fsp3) is 0.875. The largest absolute Gasteiger partial charge is 0.394 e. The molecule has 0 radical (unpaired) electrons. The number of carbonyl (C=O) groups is 1. The summed E-state index contributed by atoms with van der Waals surface area (Å²) in [6.45, 7) is -0.948. The van der Waals surface area contributed by atoms with Gasteiger partial charge in [-0.05, 0) is 0 Å². The molecule has 0 heterocycles. The molecular formula is C8H15FO9. The third-order valence-electron chi connectivity index (χ3n) is 2.27. The van der Waals surface area contributed by atoms with E-state index in [4.69, 9.17) is 15.3 Å². The van der Waals surface area contributed by atoms with Crippen molar-refractivity contribution in [2.75, 3.05) is 6.61 Å². The monoisotopic (exact) mass is 274 g/mol. The Balaban J connectivity index is 4.62. The Hall–Kier alpha value is -0.880. The molecule has 7 N–H and O–H groups in total. The number of hydrogen-bond acceptors (Lipinski definition) is 9. The van der Waals surface area contributed by atoms with Crippen LogP contribution in [-0.2, 0) is 9.74 Å². The van der Waals surface area contributed by atoms with Crippen molar-refractivity contribution >= 4 is 5.97 Å². The molecule has 0 spiro atoms. The van der Waals surface area contributed by atoms with E-state index in [-0.39, 0.29) is 0 Å². The highest BCUT2D eigenvalue weighted by molar-refractivity contribution is 5.74. The minimum atomic E-state index is -2.50. The Labute approximate surface area is 100 Å². The van der Waals surface area contributed by atoms with Gasteiger partial charge in [-0.3, -0.25) is 4.94 Å². The number of aliphatic hydroxyl groups excluding tert-OH is 7. The van der Waals surface area contributed by atoms with Gasteiger partial charge in [-0.15, -0.1) is 0 Å². The summed E-state index contributed by atoms with van der Waals surface area (Å²) in [6.07, 6.45) is -13.3. The summed E-state index contributed by atoms with van der Waals surface area (Å²) in [5.74, 6) is -1.91. The van der Waals surface area contributed by atoms with Gasteiger partial charge in [0.2, 0.25) is 0 Å². The molecule has 6 unspecified atom stereocenters. The van der Waals surface area contributed by atoms with E-state index < -0.39 is 49.2 Å². The van der Waals surface area contributed by atoms with E-state index in [0.717, 1.165) is 0 Å². The summed E-state index contributed by atoms with van der Waals surface area (Å²) >= 11 is 0. The molecule has 10 heteroatoms. The second-order valence-electron chi connectivity index (χ2n) is 3.55. The van der Waals surface area contributed by atoms with Crippen LogP contribution in [0.15, 0.2) is 0 Å². The zero-order valence-electron chi connectivity index (χ0n) is 9.00. The number of halogens is 1. The molecule has 0 aliphatic rings. The van der Waals surface area contributed by atoms with Gasteiger partial charge in [0, 0.05) is 4.53 Å². The molecule has 0 aliphatic heterocycles. The summed E-state index contributed by atoms with van der Waals surface area (Å²) in [7, 11) is 0. The van der Waals surface area contributed by atoms with Crippen molar-refractivity contribution in [1.29, 1.82) is 0 Å². The van der Waals surface area contributed by atoms with Gasteiger partial charge < -0.3 is 35.7 Å². The predicted molar refractivity (Wildman–Crippen MR) is 50.3 cm³/mol. The van der Waals surface area contributed by atoms with Crippen LogP contribution in [0, 0.1) is 0 Å². The van der Waals surface area contributed by atoms with E-state index in [0.29, 0.717) is 0 Å². The lowest BCUT2D eigenvalue weighted by atomic mass is 9.96. The Morgan fingerprint density at radius 2 is 1.39 bits per heavy atom. The smallest absolute Gasteiger partial charge is 0.379 e. The fourth-order valence-corrected chi connectivity index (χ4v) is 1.11. The highest BCUT2D eigenvalue weighted by Gasteiger charge is 2.40. The first kappa shape index (κ1) is 17.1. The standard InChI is InChI=1S/C8H15FO9/c9-18-8(17)7(16)6(15)5(14)4(13)3(12)2(11)1-10/h2-7,10-16H,1H2. The normalized spacial score (nSPS) is 21.6. The fourth-order valence-electron chi connectivity index (χ4n) is 1.11. The number of carbonyl (C=O) groups excluding carboxylic acids is 1. The van der Waals surface area contributed by atoms with Gasteiger partial charge in [0.05, 0.1) is 6.61 Å². The van der Waals surface area contributed by atoms with Gasteiger partial charge in [-0.2, -0.15) is 0 Å². The Bertz CT molecular complexity index is 263. The average Bonchev–Trinajstić information content (AvgIpc) is 2.40. The van der Waals surface area contributed by atoms with Crippen molar-refractivity contribution < 1.29 is 50.0 Å². The second kappa shape index (κ2) is 7.53. The predicted octanol–water partition coefficient (Wildman–Crippen LogP) is -4.43. The highest BCUT2D eigenvalue weighted by Crippen LogP contribution is 2.12. The summed E-state index contributed by atoms with van der Waals surface area (Å²) in [4.78, 5) is 13.1. The first-order valence-electron chi connectivity index (χ1n) is 4.79. The van der Waals surface area contributed by atoms with Crippen LogP contribution in [0.3, 0.4) is 0 Å². The van der Waals surface area contributed by atoms with Crippen LogP contribution < -0.4 is 0 Å². The van der Waals surface area contributed by atoms with Gasteiger partial charge in [-0.1, -0.05) is 0 Å². The van der Waals surface area contributed by atoms with Gasteiger partial charge in [0.1, 0.15) is 30.5 Å². The van der Waals surface area contributed by atoms with E-state index >= 15 is 0 Å². The minimum Gasteiger partial charge on any atom is -0.394 e. The molecule has 0 saturated heterocycles. The van der Waals surface area contributed by atoms with Gasteiger partial charge >= 0.3 is 5.97 Å². The molecule has 18 heavy (non-hydrogen) atoms. The van der Waals surface area contributed by atoms with Crippen molar-refractivity contribution in [2.24, 2.45) is 0 Å². The van der Waals surface area contributed by atoms with E-state index in [9.17, 15) is 29.7 Å². The molecule has 0 rings (SSSR count). The van der Waals surface area contributed by atoms with Crippen molar-refractivity contribution in [2.45, 2.75) is 36.6 Å².